The molecule has 1 amide bonds. The predicted molar refractivity (Wildman–Crippen MR) is 94.5 cm³/mol. The molecular formula is C18H19ClFNOS. The van der Waals surface area contributed by atoms with Gasteiger partial charge in [0.25, 0.3) is 0 Å². The Bertz CT molecular complexity index is 662. The van der Waals surface area contributed by atoms with E-state index < -0.39 is 0 Å². The molecule has 1 N–H and O–H groups in total. The second kappa shape index (κ2) is 8.37. The average Bonchev–Trinajstić information content (AvgIpc) is 2.51. The second-order valence-electron chi connectivity index (χ2n) is 5.42. The molecule has 0 aliphatic heterocycles. The lowest BCUT2D eigenvalue weighted by molar-refractivity contribution is -0.120. The van der Waals surface area contributed by atoms with Gasteiger partial charge < -0.3 is 5.32 Å². The summed E-state index contributed by atoms with van der Waals surface area (Å²) in [6.45, 7) is 3.73. The fourth-order valence-electron chi connectivity index (χ4n) is 2.18. The number of rotatable bonds is 6. The summed E-state index contributed by atoms with van der Waals surface area (Å²) in [5, 5.41) is 3.37. The lowest BCUT2D eigenvalue weighted by Gasteiger charge is -2.18. The number of amides is 1. The molecule has 0 aliphatic carbocycles. The van der Waals surface area contributed by atoms with Gasteiger partial charge >= 0.3 is 0 Å². The van der Waals surface area contributed by atoms with Gasteiger partial charge in [0.2, 0.25) is 5.91 Å². The van der Waals surface area contributed by atoms with Gasteiger partial charge in [0, 0.05) is 16.0 Å². The van der Waals surface area contributed by atoms with E-state index >= 15 is 0 Å². The first kappa shape index (κ1) is 17.8. The van der Waals surface area contributed by atoms with Crippen LogP contribution in [0, 0.1) is 5.82 Å². The monoisotopic (exact) mass is 351 g/mol. The Kier molecular flexibility index (Phi) is 6.48. The summed E-state index contributed by atoms with van der Waals surface area (Å²) >= 11 is 7.32. The molecule has 0 aliphatic rings. The molecule has 0 spiro atoms. The first-order valence-corrected chi connectivity index (χ1v) is 8.67. The Morgan fingerprint density at radius 2 is 1.83 bits per heavy atom. The molecule has 0 bridgehead atoms. The summed E-state index contributed by atoms with van der Waals surface area (Å²) in [5.74, 6) is -0.300. The van der Waals surface area contributed by atoms with Gasteiger partial charge in [0.15, 0.2) is 0 Å². The van der Waals surface area contributed by atoms with Crippen LogP contribution in [-0.2, 0) is 11.2 Å². The van der Waals surface area contributed by atoms with Crippen molar-refractivity contribution >= 4 is 29.3 Å². The van der Waals surface area contributed by atoms with Crippen LogP contribution in [-0.4, -0.2) is 17.2 Å². The van der Waals surface area contributed by atoms with Crippen LogP contribution in [0.25, 0.3) is 0 Å². The van der Waals surface area contributed by atoms with E-state index in [1.165, 1.54) is 17.8 Å². The topological polar surface area (TPSA) is 29.1 Å². The molecule has 0 aromatic heterocycles. The molecule has 122 valence electrons. The minimum Gasteiger partial charge on any atom is -0.352 e. The maximum absolute atomic E-state index is 13.6. The SMILES string of the molecule is CC(Cc1ccccc1F)NC(=O)C(C)Sc1ccc(Cl)cc1. The molecule has 0 fully saturated rings. The van der Waals surface area contributed by atoms with Gasteiger partial charge in [0.1, 0.15) is 5.82 Å². The lowest BCUT2D eigenvalue weighted by atomic mass is 10.1. The van der Waals surface area contributed by atoms with Crippen molar-refractivity contribution in [3.8, 4) is 0 Å². The van der Waals surface area contributed by atoms with Crippen LogP contribution >= 0.6 is 23.4 Å². The van der Waals surface area contributed by atoms with Crippen LogP contribution in [0.1, 0.15) is 19.4 Å². The Morgan fingerprint density at radius 3 is 2.48 bits per heavy atom. The third kappa shape index (κ3) is 5.56. The highest BCUT2D eigenvalue weighted by atomic mass is 35.5. The van der Waals surface area contributed by atoms with Crippen molar-refractivity contribution < 1.29 is 9.18 Å². The summed E-state index contributed by atoms with van der Waals surface area (Å²) in [5.41, 5.74) is 0.610. The van der Waals surface area contributed by atoms with E-state index in [9.17, 15) is 9.18 Å². The number of nitrogens with one attached hydrogen (secondary N) is 1. The highest BCUT2D eigenvalue weighted by molar-refractivity contribution is 8.00. The first-order valence-electron chi connectivity index (χ1n) is 7.41. The van der Waals surface area contributed by atoms with Crippen LogP contribution in [0.15, 0.2) is 53.4 Å². The van der Waals surface area contributed by atoms with Gasteiger partial charge in [0.05, 0.1) is 5.25 Å². The zero-order chi connectivity index (χ0) is 16.8. The van der Waals surface area contributed by atoms with Crippen molar-refractivity contribution in [3.05, 3.63) is 64.9 Å². The summed E-state index contributed by atoms with van der Waals surface area (Å²) < 4.78 is 13.6. The summed E-state index contributed by atoms with van der Waals surface area (Å²) in [4.78, 5) is 13.2. The molecule has 0 radical (unpaired) electrons. The highest BCUT2D eigenvalue weighted by Gasteiger charge is 2.17. The summed E-state index contributed by atoms with van der Waals surface area (Å²) in [6.07, 6.45) is 0.469. The van der Waals surface area contributed by atoms with Crippen LogP contribution in [0.4, 0.5) is 4.39 Å². The fraction of sp³-hybridized carbons (Fsp3) is 0.278. The molecule has 2 aromatic rings. The van der Waals surface area contributed by atoms with Crippen LogP contribution in [0.2, 0.25) is 5.02 Å². The lowest BCUT2D eigenvalue weighted by Crippen LogP contribution is -2.38. The number of hydrogen-bond acceptors (Lipinski definition) is 2. The standard InChI is InChI=1S/C18H19ClFNOS/c1-12(11-14-5-3-4-6-17(14)20)21-18(22)13(2)23-16-9-7-15(19)8-10-16/h3-10,12-13H,11H2,1-2H3,(H,21,22). The van der Waals surface area contributed by atoms with Crippen molar-refractivity contribution in [2.75, 3.05) is 0 Å². The Hall–Kier alpha value is -1.52. The van der Waals surface area contributed by atoms with E-state index in [1.807, 2.05) is 26.0 Å². The minimum atomic E-state index is -0.239. The largest absolute Gasteiger partial charge is 0.352 e. The average molecular weight is 352 g/mol. The normalized spacial score (nSPS) is 13.4. The number of hydrogen-bond donors (Lipinski definition) is 1. The van der Waals surface area contributed by atoms with Crippen molar-refractivity contribution in [2.45, 2.75) is 36.5 Å². The van der Waals surface area contributed by atoms with Crippen LogP contribution in [0.5, 0.6) is 0 Å². The fourth-order valence-corrected chi connectivity index (χ4v) is 3.18. The molecule has 2 atom stereocenters. The number of benzene rings is 2. The Morgan fingerprint density at radius 1 is 1.17 bits per heavy atom. The van der Waals surface area contributed by atoms with E-state index in [1.54, 1.807) is 30.3 Å². The van der Waals surface area contributed by atoms with Crippen molar-refractivity contribution in [3.63, 3.8) is 0 Å². The van der Waals surface area contributed by atoms with Gasteiger partial charge in [-0.2, -0.15) is 0 Å². The second-order valence-corrected chi connectivity index (χ2v) is 7.27. The predicted octanol–water partition coefficient (Wildman–Crippen LogP) is 4.71. The van der Waals surface area contributed by atoms with E-state index in [4.69, 9.17) is 11.6 Å². The van der Waals surface area contributed by atoms with Crippen molar-refractivity contribution in [2.24, 2.45) is 0 Å². The molecule has 2 unspecified atom stereocenters. The van der Waals surface area contributed by atoms with Gasteiger partial charge in [-0.1, -0.05) is 29.8 Å². The highest BCUT2D eigenvalue weighted by Crippen LogP contribution is 2.24. The van der Waals surface area contributed by atoms with E-state index in [2.05, 4.69) is 5.32 Å². The smallest absolute Gasteiger partial charge is 0.233 e. The summed E-state index contributed by atoms with van der Waals surface area (Å²) in [7, 11) is 0. The molecule has 2 nitrogen and oxygen atoms in total. The minimum absolute atomic E-state index is 0.0613. The maximum atomic E-state index is 13.6. The van der Waals surface area contributed by atoms with Crippen LogP contribution in [0.3, 0.4) is 0 Å². The molecule has 23 heavy (non-hydrogen) atoms. The van der Waals surface area contributed by atoms with Gasteiger partial charge in [-0.3, -0.25) is 4.79 Å². The molecule has 2 aromatic carbocycles. The quantitative estimate of drug-likeness (QED) is 0.764. The van der Waals surface area contributed by atoms with Crippen LogP contribution < -0.4 is 5.32 Å². The van der Waals surface area contributed by atoms with E-state index in [0.29, 0.717) is 17.0 Å². The molecule has 0 saturated carbocycles. The molecular weight excluding hydrogens is 333 g/mol. The summed E-state index contributed by atoms with van der Waals surface area (Å²) in [6, 6.07) is 13.9. The third-order valence-corrected chi connectivity index (χ3v) is 4.73. The van der Waals surface area contributed by atoms with Crippen molar-refractivity contribution in [1.82, 2.24) is 5.32 Å². The third-order valence-electron chi connectivity index (χ3n) is 3.37. The Balaban J connectivity index is 1.87. The van der Waals surface area contributed by atoms with Gasteiger partial charge in [-0.05, 0) is 56.2 Å². The zero-order valence-electron chi connectivity index (χ0n) is 13.1. The van der Waals surface area contributed by atoms with Gasteiger partial charge in [-0.15, -0.1) is 11.8 Å². The number of halogens is 2. The van der Waals surface area contributed by atoms with Gasteiger partial charge in [-0.25, -0.2) is 4.39 Å². The number of carbonyl (C=O) groups excluding carboxylic acids is 1. The molecule has 0 saturated heterocycles. The van der Waals surface area contributed by atoms with Crippen molar-refractivity contribution in [1.29, 1.82) is 0 Å². The van der Waals surface area contributed by atoms with E-state index in [-0.39, 0.29) is 23.0 Å². The first-order chi connectivity index (χ1) is 11.0. The zero-order valence-corrected chi connectivity index (χ0v) is 14.6. The Labute approximate surface area is 145 Å². The van der Waals surface area contributed by atoms with E-state index in [0.717, 1.165) is 4.90 Å². The molecule has 0 heterocycles. The molecule has 5 heteroatoms. The number of thioether (sulfide) groups is 1. The molecule has 2 rings (SSSR count). The maximum Gasteiger partial charge on any atom is 0.233 e. The number of carbonyl (C=O) groups is 1.